The summed E-state index contributed by atoms with van der Waals surface area (Å²) in [5, 5.41) is 9.55. The van der Waals surface area contributed by atoms with E-state index in [1.54, 1.807) is 0 Å². The van der Waals surface area contributed by atoms with Crippen molar-refractivity contribution < 1.29 is 13.5 Å². The zero-order chi connectivity index (χ0) is 12.5. The zero-order valence-corrected chi connectivity index (χ0v) is 10.4. The predicted molar refractivity (Wildman–Crippen MR) is 61.0 cm³/mol. The van der Waals surface area contributed by atoms with E-state index in [1.807, 2.05) is 0 Å². The second-order valence-corrected chi connectivity index (χ2v) is 6.05. The topological polar surface area (TPSA) is 92.2 Å². The van der Waals surface area contributed by atoms with Gasteiger partial charge in [-0.25, -0.2) is 23.1 Å². The molecule has 1 aliphatic carbocycles. The van der Waals surface area contributed by atoms with Gasteiger partial charge in [-0.05, 0) is 30.4 Å². The van der Waals surface area contributed by atoms with Gasteiger partial charge in [0.25, 0.3) is 0 Å². The van der Waals surface area contributed by atoms with Crippen molar-refractivity contribution in [3.05, 3.63) is 17.7 Å². The highest BCUT2D eigenvalue weighted by Gasteiger charge is 2.30. The van der Waals surface area contributed by atoms with Crippen molar-refractivity contribution in [3.63, 3.8) is 0 Å². The fourth-order valence-corrected chi connectivity index (χ4v) is 2.40. The molecule has 1 atom stereocenters. The second-order valence-electron chi connectivity index (χ2n) is 3.94. The maximum absolute atomic E-state index is 11.7. The molecule has 1 fully saturated rings. The van der Waals surface area contributed by atoms with E-state index in [-0.39, 0.29) is 22.6 Å². The quantitative estimate of drug-likeness (QED) is 0.749. The normalized spacial score (nSPS) is 18.0. The Morgan fingerprint density at radius 1 is 1.47 bits per heavy atom. The Labute approximate surface area is 104 Å². The molecule has 17 heavy (non-hydrogen) atoms. The molecule has 0 amide bonds. The van der Waals surface area contributed by atoms with E-state index >= 15 is 0 Å². The van der Waals surface area contributed by atoms with Gasteiger partial charge in [-0.15, -0.1) is 0 Å². The van der Waals surface area contributed by atoms with Gasteiger partial charge < -0.3 is 5.11 Å². The number of aliphatic hydroxyl groups is 1. The molecule has 1 saturated carbocycles. The molecule has 1 heterocycles. The maximum atomic E-state index is 11.7. The fraction of sp³-hybridized carbons (Fsp3) is 0.556. The lowest BCUT2D eigenvalue weighted by Gasteiger charge is -2.10. The molecule has 8 heteroatoms. The summed E-state index contributed by atoms with van der Waals surface area (Å²) < 4.78 is 25.8. The molecule has 0 bridgehead atoms. The van der Waals surface area contributed by atoms with E-state index < -0.39 is 16.1 Å². The van der Waals surface area contributed by atoms with Crippen molar-refractivity contribution in [1.82, 2.24) is 14.7 Å². The van der Waals surface area contributed by atoms with Gasteiger partial charge in [0, 0.05) is 6.54 Å². The number of aliphatic hydroxyl groups excluding tert-OH is 1. The molecular weight excluding hydrogens is 266 g/mol. The Morgan fingerprint density at radius 3 is 2.59 bits per heavy atom. The van der Waals surface area contributed by atoms with Crippen LogP contribution in [-0.2, 0) is 10.0 Å². The van der Waals surface area contributed by atoms with Crippen molar-refractivity contribution in [3.8, 4) is 0 Å². The van der Waals surface area contributed by atoms with Crippen molar-refractivity contribution >= 4 is 21.6 Å². The van der Waals surface area contributed by atoms with Crippen molar-refractivity contribution in [1.29, 1.82) is 0 Å². The van der Waals surface area contributed by atoms with Crippen LogP contribution in [0.15, 0.2) is 17.3 Å². The third-order valence-corrected chi connectivity index (χ3v) is 4.13. The van der Waals surface area contributed by atoms with E-state index in [1.165, 1.54) is 0 Å². The smallest absolute Gasteiger partial charge is 0.243 e. The Bertz CT molecular complexity index is 487. The first-order valence-electron chi connectivity index (χ1n) is 5.14. The minimum absolute atomic E-state index is 0.00955. The molecule has 0 aromatic carbocycles. The van der Waals surface area contributed by atoms with Crippen molar-refractivity contribution in [2.75, 3.05) is 6.54 Å². The SMILES string of the molecule is O=S(=O)(NCC(O)C1CC1)c1cnc(Cl)nc1. The Morgan fingerprint density at radius 2 is 2.06 bits per heavy atom. The van der Waals surface area contributed by atoms with Gasteiger partial charge in [0.05, 0.1) is 18.5 Å². The maximum Gasteiger partial charge on any atom is 0.243 e. The van der Waals surface area contributed by atoms with Gasteiger partial charge >= 0.3 is 0 Å². The third kappa shape index (κ3) is 3.35. The molecular formula is C9H12ClN3O3S. The molecule has 0 spiro atoms. The average Bonchev–Trinajstić information content (AvgIpc) is 3.10. The summed E-state index contributed by atoms with van der Waals surface area (Å²) in [6.07, 6.45) is 3.53. The van der Waals surface area contributed by atoms with E-state index in [0.717, 1.165) is 25.2 Å². The predicted octanol–water partition coefficient (Wildman–Crippen LogP) is 0.179. The van der Waals surface area contributed by atoms with Crippen LogP contribution in [0, 0.1) is 5.92 Å². The number of nitrogens with zero attached hydrogens (tertiary/aromatic N) is 2. The lowest BCUT2D eigenvalue weighted by atomic mass is 10.2. The minimum atomic E-state index is -3.67. The van der Waals surface area contributed by atoms with Gasteiger partial charge in [0.2, 0.25) is 15.3 Å². The average molecular weight is 278 g/mol. The van der Waals surface area contributed by atoms with E-state index in [4.69, 9.17) is 11.6 Å². The highest BCUT2D eigenvalue weighted by atomic mass is 35.5. The molecule has 0 saturated heterocycles. The van der Waals surface area contributed by atoms with Crippen LogP contribution in [0.25, 0.3) is 0 Å². The number of sulfonamides is 1. The summed E-state index contributed by atoms with van der Waals surface area (Å²) in [7, 11) is -3.67. The van der Waals surface area contributed by atoms with Crippen LogP contribution in [0.5, 0.6) is 0 Å². The van der Waals surface area contributed by atoms with Crippen LogP contribution >= 0.6 is 11.6 Å². The molecule has 94 valence electrons. The lowest BCUT2D eigenvalue weighted by Crippen LogP contribution is -2.33. The largest absolute Gasteiger partial charge is 0.391 e. The van der Waals surface area contributed by atoms with Gasteiger partial charge in [-0.3, -0.25) is 0 Å². The van der Waals surface area contributed by atoms with E-state index in [9.17, 15) is 13.5 Å². The van der Waals surface area contributed by atoms with Gasteiger partial charge in [0.15, 0.2) is 0 Å². The molecule has 2 rings (SSSR count). The van der Waals surface area contributed by atoms with Crippen LogP contribution in [0.3, 0.4) is 0 Å². The highest BCUT2D eigenvalue weighted by Crippen LogP contribution is 2.32. The van der Waals surface area contributed by atoms with Crippen molar-refractivity contribution in [2.24, 2.45) is 5.92 Å². The fourth-order valence-electron chi connectivity index (χ4n) is 1.37. The third-order valence-electron chi connectivity index (χ3n) is 2.56. The number of aromatic nitrogens is 2. The molecule has 2 N–H and O–H groups in total. The van der Waals surface area contributed by atoms with Crippen LogP contribution in [0.2, 0.25) is 5.28 Å². The summed E-state index contributed by atoms with van der Waals surface area (Å²) in [5.74, 6) is 0.221. The summed E-state index contributed by atoms with van der Waals surface area (Å²) in [5.41, 5.74) is 0. The Kier molecular flexibility index (Phi) is 3.62. The Hall–Kier alpha value is -0.760. The summed E-state index contributed by atoms with van der Waals surface area (Å²) in [4.78, 5) is 7.12. The molecule has 1 aromatic rings. The van der Waals surface area contributed by atoms with Gasteiger partial charge in [0.1, 0.15) is 4.90 Å². The first-order valence-corrected chi connectivity index (χ1v) is 7.00. The van der Waals surface area contributed by atoms with Gasteiger partial charge in [-0.1, -0.05) is 0 Å². The van der Waals surface area contributed by atoms with Crippen LogP contribution < -0.4 is 4.72 Å². The first kappa shape index (κ1) is 12.7. The molecule has 1 aromatic heterocycles. The van der Waals surface area contributed by atoms with E-state index in [2.05, 4.69) is 14.7 Å². The van der Waals surface area contributed by atoms with Crippen LogP contribution in [0.1, 0.15) is 12.8 Å². The standard InChI is InChI=1S/C9H12ClN3O3S/c10-9-11-3-7(4-12-9)17(15,16)13-5-8(14)6-1-2-6/h3-4,6,8,13-14H,1-2,5H2. The van der Waals surface area contributed by atoms with E-state index in [0.29, 0.717) is 0 Å². The number of hydrogen-bond acceptors (Lipinski definition) is 5. The summed E-state index contributed by atoms with van der Waals surface area (Å²) >= 11 is 5.46. The molecule has 0 radical (unpaired) electrons. The summed E-state index contributed by atoms with van der Waals surface area (Å²) in [6, 6.07) is 0. The Balaban J connectivity index is 2.00. The summed E-state index contributed by atoms with van der Waals surface area (Å²) in [6.45, 7) is 0.00955. The molecule has 6 nitrogen and oxygen atoms in total. The number of halogens is 1. The van der Waals surface area contributed by atoms with Crippen molar-refractivity contribution in [2.45, 2.75) is 23.8 Å². The number of rotatable bonds is 5. The minimum Gasteiger partial charge on any atom is -0.391 e. The molecule has 1 aliphatic rings. The monoisotopic (exact) mass is 277 g/mol. The zero-order valence-electron chi connectivity index (χ0n) is 8.88. The molecule has 1 unspecified atom stereocenters. The van der Waals surface area contributed by atoms with Crippen LogP contribution in [-0.4, -0.2) is 36.1 Å². The number of nitrogens with one attached hydrogen (secondary N) is 1. The van der Waals surface area contributed by atoms with Crippen LogP contribution in [0.4, 0.5) is 0 Å². The van der Waals surface area contributed by atoms with Gasteiger partial charge in [-0.2, -0.15) is 0 Å². The first-order chi connectivity index (χ1) is 7.99. The lowest BCUT2D eigenvalue weighted by molar-refractivity contribution is 0.155. The second kappa shape index (κ2) is 4.85. The number of hydrogen-bond donors (Lipinski definition) is 2. The molecule has 0 aliphatic heterocycles. The highest BCUT2D eigenvalue weighted by molar-refractivity contribution is 7.89.